The maximum Gasteiger partial charge on any atom is 0.171 e. The molecule has 4 nitrogen and oxygen atoms in total. The van der Waals surface area contributed by atoms with E-state index in [0.717, 1.165) is 16.7 Å². The van der Waals surface area contributed by atoms with Crippen LogP contribution in [0.15, 0.2) is 52.1 Å². The van der Waals surface area contributed by atoms with Crippen LogP contribution >= 0.6 is 27.5 Å². The Morgan fingerprint density at radius 2 is 2.05 bits per heavy atom. The Morgan fingerprint density at radius 3 is 2.67 bits per heavy atom. The zero-order chi connectivity index (χ0) is 15.4. The van der Waals surface area contributed by atoms with E-state index in [0.29, 0.717) is 10.6 Å². The average Bonchev–Trinajstić information content (AvgIpc) is 2.48. The van der Waals surface area contributed by atoms with Crippen LogP contribution < -0.4 is 10.6 Å². The number of halogens is 2. The summed E-state index contributed by atoms with van der Waals surface area (Å²) in [7, 11) is 1.98. The van der Waals surface area contributed by atoms with Gasteiger partial charge in [0.15, 0.2) is 5.84 Å². The fourth-order valence-electron chi connectivity index (χ4n) is 1.98. The maximum atomic E-state index is 8.71. The van der Waals surface area contributed by atoms with Gasteiger partial charge >= 0.3 is 0 Å². The van der Waals surface area contributed by atoms with Crippen molar-refractivity contribution in [2.75, 3.05) is 11.9 Å². The summed E-state index contributed by atoms with van der Waals surface area (Å²) in [6.45, 7) is 0.737. The molecule has 0 heterocycles. The second-order valence-electron chi connectivity index (χ2n) is 4.60. The molecule has 0 radical (unpaired) electrons. The lowest BCUT2D eigenvalue weighted by atomic mass is 10.1. The Balaban J connectivity index is 2.22. The lowest BCUT2D eigenvalue weighted by Gasteiger charge is -2.21. The Morgan fingerprint density at radius 1 is 1.33 bits per heavy atom. The molecule has 0 amide bonds. The van der Waals surface area contributed by atoms with Crippen LogP contribution in [0, 0.1) is 0 Å². The van der Waals surface area contributed by atoms with Gasteiger partial charge in [0.05, 0.1) is 5.02 Å². The topological polar surface area (TPSA) is 61.8 Å². The van der Waals surface area contributed by atoms with Crippen LogP contribution in [0.5, 0.6) is 0 Å². The van der Waals surface area contributed by atoms with Gasteiger partial charge in [-0.25, -0.2) is 0 Å². The van der Waals surface area contributed by atoms with E-state index in [1.807, 2.05) is 31.3 Å². The van der Waals surface area contributed by atoms with Crippen LogP contribution in [-0.2, 0) is 6.54 Å². The van der Waals surface area contributed by atoms with Gasteiger partial charge in [0, 0.05) is 29.3 Å². The fraction of sp³-hybridized carbons (Fsp3) is 0.133. The van der Waals surface area contributed by atoms with Crippen molar-refractivity contribution in [2.24, 2.45) is 10.9 Å². The fourth-order valence-corrected chi connectivity index (χ4v) is 2.66. The van der Waals surface area contributed by atoms with Crippen LogP contribution in [0.25, 0.3) is 0 Å². The van der Waals surface area contributed by atoms with Crippen molar-refractivity contribution in [3.8, 4) is 0 Å². The van der Waals surface area contributed by atoms with Gasteiger partial charge in [0.1, 0.15) is 0 Å². The molecule has 0 saturated heterocycles. The smallest absolute Gasteiger partial charge is 0.171 e. The van der Waals surface area contributed by atoms with E-state index in [-0.39, 0.29) is 5.84 Å². The summed E-state index contributed by atoms with van der Waals surface area (Å²) >= 11 is 9.71. The van der Waals surface area contributed by atoms with E-state index in [1.165, 1.54) is 5.56 Å². The number of nitrogens with zero attached hydrogens (tertiary/aromatic N) is 2. The molecule has 0 aliphatic rings. The first-order valence-electron chi connectivity index (χ1n) is 6.25. The summed E-state index contributed by atoms with van der Waals surface area (Å²) < 4.78 is 1.07. The van der Waals surface area contributed by atoms with E-state index < -0.39 is 0 Å². The van der Waals surface area contributed by atoms with Crippen LogP contribution in [0.4, 0.5) is 5.69 Å². The molecule has 2 rings (SSSR count). The van der Waals surface area contributed by atoms with Gasteiger partial charge in [-0.1, -0.05) is 50.9 Å². The molecule has 6 heteroatoms. The molecule has 2 aromatic carbocycles. The molecule has 0 aliphatic heterocycles. The van der Waals surface area contributed by atoms with Gasteiger partial charge < -0.3 is 15.8 Å². The van der Waals surface area contributed by atoms with E-state index in [9.17, 15) is 0 Å². The van der Waals surface area contributed by atoms with Crippen molar-refractivity contribution in [2.45, 2.75) is 6.54 Å². The Bertz CT molecular complexity index is 676. The van der Waals surface area contributed by atoms with Crippen LogP contribution in [-0.4, -0.2) is 18.1 Å². The number of amidine groups is 1. The van der Waals surface area contributed by atoms with Crippen molar-refractivity contribution in [1.29, 1.82) is 0 Å². The monoisotopic (exact) mass is 367 g/mol. The average molecular weight is 369 g/mol. The predicted molar refractivity (Wildman–Crippen MR) is 90.2 cm³/mol. The highest BCUT2D eigenvalue weighted by Crippen LogP contribution is 2.25. The summed E-state index contributed by atoms with van der Waals surface area (Å²) in [6.07, 6.45) is 0. The molecule has 0 fully saturated rings. The number of hydrogen-bond acceptors (Lipinski definition) is 3. The normalized spacial score (nSPS) is 11.5. The molecular weight excluding hydrogens is 354 g/mol. The third-order valence-electron chi connectivity index (χ3n) is 3.14. The number of hydrogen-bond donors (Lipinski definition) is 2. The quantitative estimate of drug-likeness (QED) is 0.373. The summed E-state index contributed by atoms with van der Waals surface area (Å²) in [5, 5.41) is 12.1. The summed E-state index contributed by atoms with van der Waals surface area (Å²) in [5.74, 6) is 0.00000637. The highest BCUT2D eigenvalue weighted by Gasteiger charge is 2.10. The van der Waals surface area contributed by atoms with E-state index in [4.69, 9.17) is 22.5 Å². The SMILES string of the molecule is CN(Cc1ccccc1Br)c1ccc(C(N)=NO)c(Cl)c1. The van der Waals surface area contributed by atoms with Gasteiger partial charge in [-0.3, -0.25) is 0 Å². The van der Waals surface area contributed by atoms with Gasteiger partial charge in [-0.2, -0.15) is 0 Å². The Labute approximate surface area is 136 Å². The standard InChI is InChI=1S/C15H15BrClN3O/c1-20(9-10-4-2-3-5-13(10)16)11-6-7-12(14(17)8-11)15(18)19-21/h2-8,21H,9H2,1H3,(H2,18,19). The van der Waals surface area contributed by atoms with Crippen LogP contribution in [0.1, 0.15) is 11.1 Å². The minimum absolute atomic E-state index is 0.00000637. The van der Waals surface area contributed by atoms with E-state index in [2.05, 4.69) is 32.1 Å². The number of anilines is 1. The molecule has 0 aliphatic carbocycles. The van der Waals surface area contributed by atoms with E-state index in [1.54, 1.807) is 12.1 Å². The first-order chi connectivity index (χ1) is 10.0. The largest absolute Gasteiger partial charge is 0.409 e. The molecule has 0 atom stereocenters. The highest BCUT2D eigenvalue weighted by molar-refractivity contribution is 9.10. The predicted octanol–water partition coefficient (Wildman–Crippen LogP) is 3.83. The van der Waals surface area contributed by atoms with Gasteiger partial charge in [-0.05, 0) is 29.8 Å². The number of benzene rings is 2. The molecular formula is C15H15BrClN3O. The highest BCUT2D eigenvalue weighted by atomic mass is 79.9. The second-order valence-corrected chi connectivity index (χ2v) is 5.86. The molecule has 2 aromatic rings. The molecule has 3 N–H and O–H groups in total. The minimum Gasteiger partial charge on any atom is -0.409 e. The summed E-state index contributed by atoms with van der Waals surface area (Å²) in [6, 6.07) is 13.5. The molecule has 0 spiro atoms. The lowest BCUT2D eigenvalue weighted by molar-refractivity contribution is 0.318. The third kappa shape index (κ3) is 3.68. The molecule has 21 heavy (non-hydrogen) atoms. The first-order valence-corrected chi connectivity index (χ1v) is 7.42. The first kappa shape index (κ1) is 15.7. The van der Waals surface area contributed by atoms with Crippen LogP contribution in [0.3, 0.4) is 0 Å². The summed E-state index contributed by atoms with van der Waals surface area (Å²) in [5.41, 5.74) is 8.20. The van der Waals surface area contributed by atoms with Crippen molar-refractivity contribution < 1.29 is 5.21 Å². The van der Waals surface area contributed by atoms with Gasteiger partial charge in [0.2, 0.25) is 0 Å². The zero-order valence-corrected chi connectivity index (χ0v) is 13.8. The molecule has 0 unspecified atom stereocenters. The van der Waals surface area contributed by atoms with Gasteiger partial charge in [0.25, 0.3) is 0 Å². The van der Waals surface area contributed by atoms with Crippen molar-refractivity contribution in [3.05, 3.63) is 63.1 Å². The number of oxime groups is 1. The Kier molecular flexibility index (Phi) is 5.09. The van der Waals surface area contributed by atoms with Gasteiger partial charge in [-0.15, -0.1) is 0 Å². The molecule has 0 saturated carbocycles. The van der Waals surface area contributed by atoms with Crippen LogP contribution in [0.2, 0.25) is 5.02 Å². The minimum atomic E-state index is 0.00000637. The van der Waals surface area contributed by atoms with Crippen molar-refractivity contribution in [1.82, 2.24) is 0 Å². The number of rotatable bonds is 4. The maximum absolute atomic E-state index is 8.71. The Hall–Kier alpha value is -1.72. The van der Waals surface area contributed by atoms with Crippen molar-refractivity contribution >= 4 is 39.1 Å². The third-order valence-corrected chi connectivity index (χ3v) is 4.23. The molecule has 0 aromatic heterocycles. The molecule has 0 bridgehead atoms. The number of nitrogens with two attached hydrogens (primary N) is 1. The van der Waals surface area contributed by atoms with Crippen molar-refractivity contribution in [3.63, 3.8) is 0 Å². The molecule has 110 valence electrons. The lowest BCUT2D eigenvalue weighted by Crippen LogP contribution is -2.18. The second kappa shape index (κ2) is 6.83. The van der Waals surface area contributed by atoms with E-state index >= 15 is 0 Å². The summed E-state index contributed by atoms with van der Waals surface area (Å²) in [4.78, 5) is 2.07. The zero-order valence-electron chi connectivity index (χ0n) is 11.4.